The second-order valence-electron chi connectivity index (χ2n) is 9.17. The Morgan fingerprint density at radius 2 is 1.97 bits per heavy atom. The van der Waals surface area contributed by atoms with Gasteiger partial charge in [0.05, 0.1) is 17.3 Å². The van der Waals surface area contributed by atoms with Gasteiger partial charge in [0.2, 0.25) is 0 Å². The third-order valence-electron chi connectivity index (χ3n) is 6.11. The molecule has 2 aliphatic rings. The number of fused-ring (bicyclic) bond motifs is 4. The summed E-state index contributed by atoms with van der Waals surface area (Å²) in [5.41, 5.74) is 1.86. The van der Waals surface area contributed by atoms with Crippen molar-refractivity contribution < 1.29 is 19.4 Å². The number of benzene rings is 1. The summed E-state index contributed by atoms with van der Waals surface area (Å²) in [5, 5.41) is 9.94. The van der Waals surface area contributed by atoms with Gasteiger partial charge < -0.3 is 19.1 Å². The van der Waals surface area contributed by atoms with Crippen molar-refractivity contribution in [3.05, 3.63) is 50.8 Å². The summed E-state index contributed by atoms with van der Waals surface area (Å²) in [6.45, 7) is 5.53. The van der Waals surface area contributed by atoms with Crippen LogP contribution < -0.4 is 10.2 Å². The lowest BCUT2D eigenvalue weighted by Gasteiger charge is -2.57. The molecule has 0 atom stereocenters. The van der Waals surface area contributed by atoms with E-state index in [1.54, 1.807) is 7.11 Å². The number of halogens is 1. The first-order valence-corrected chi connectivity index (χ1v) is 10.5. The molecular weight excluding hydrogens is 406 g/mol. The van der Waals surface area contributed by atoms with Gasteiger partial charge in [0.1, 0.15) is 11.3 Å². The van der Waals surface area contributed by atoms with Crippen LogP contribution in [0.25, 0.3) is 11.3 Å². The number of pyridine rings is 1. The Kier molecular flexibility index (Phi) is 5.19. The molecule has 160 valence electrons. The van der Waals surface area contributed by atoms with Crippen molar-refractivity contribution in [3.8, 4) is 17.0 Å². The molecule has 1 fully saturated rings. The van der Waals surface area contributed by atoms with Gasteiger partial charge in [-0.25, -0.2) is 4.79 Å². The van der Waals surface area contributed by atoms with Gasteiger partial charge in [-0.2, -0.15) is 0 Å². The standard InChI is InChI=1S/C23H26ClNO5/c1-22(2)12-23(13-22)10-14-7-20(30-6-4-5-29-3)17(24)8-15(14)18-9-19(26)16(21(27)28)11-25(18)23/h7-9,11H,4-6,10,12-13H2,1-3H3,(H,27,28). The van der Waals surface area contributed by atoms with Crippen LogP contribution in [0.4, 0.5) is 0 Å². The Labute approximate surface area is 180 Å². The summed E-state index contributed by atoms with van der Waals surface area (Å²) in [6, 6.07) is 5.23. The fraction of sp³-hybridized carbons (Fsp3) is 0.478. The third kappa shape index (κ3) is 3.52. The van der Waals surface area contributed by atoms with E-state index in [0.29, 0.717) is 24.0 Å². The third-order valence-corrected chi connectivity index (χ3v) is 6.41. The first-order chi connectivity index (χ1) is 14.2. The number of hydrogen-bond donors (Lipinski definition) is 1. The number of ether oxygens (including phenoxy) is 2. The molecule has 0 amide bonds. The van der Waals surface area contributed by atoms with Crippen molar-refractivity contribution in [2.24, 2.45) is 5.41 Å². The number of carboxylic acid groups (broad SMARTS) is 1. The average molecular weight is 432 g/mol. The lowest BCUT2D eigenvalue weighted by atomic mass is 9.56. The van der Waals surface area contributed by atoms with Crippen LogP contribution in [-0.4, -0.2) is 36.0 Å². The maximum Gasteiger partial charge on any atom is 0.341 e. The number of aromatic carboxylic acids is 1. The Bertz CT molecular complexity index is 1060. The van der Waals surface area contributed by atoms with E-state index >= 15 is 0 Å². The predicted molar refractivity (Wildman–Crippen MR) is 115 cm³/mol. The molecule has 4 rings (SSSR count). The van der Waals surface area contributed by atoms with Crippen molar-refractivity contribution in [1.29, 1.82) is 0 Å². The summed E-state index contributed by atoms with van der Waals surface area (Å²) in [7, 11) is 1.65. The van der Waals surface area contributed by atoms with Gasteiger partial charge in [-0.3, -0.25) is 4.79 Å². The van der Waals surface area contributed by atoms with E-state index in [-0.39, 0.29) is 16.5 Å². The van der Waals surface area contributed by atoms with E-state index in [0.717, 1.165) is 42.5 Å². The zero-order valence-electron chi connectivity index (χ0n) is 17.5. The Morgan fingerprint density at radius 1 is 1.23 bits per heavy atom. The number of carboxylic acids is 1. The maximum atomic E-state index is 12.5. The largest absolute Gasteiger partial charge is 0.492 e. The second-order valence-corrected chi connectivity index (χ2v) is 9.57. The smallest absolute Gasteiger partial charge is 0.341 e. The zero-order valence-corrected chi connectivity index (χ0v) is 18.2. The number of methoxy groups -OCH3 is 1. The lowest BCUT2D eigenvalue weighted by Crippen LogP contribution is -2.54. The molecule has 1 spiro atoms. The molecule has 2 heterocycles. The van der Waals surface area contributed by atoms with Crippen LogP contribution >= 0.6 is 11.6 Å². The molecule has 1 saturated carbocycles. The first kappa shape index (κ1) is 20.9. The highest BCUT2D eigenvalue weighted by molar-refractivity contribution is 6.32. The van der Waals surface area contributed by atoms with Crippen LogP contribution in [0.2, 0.25) is 5.02 Å². The van der Waals surface area contributed by atoms with E-state index in [1.807, 2.05) is 16.7 Å². The van der Waals surface area contributed by atoms with E-state index < -0.39 is 11.4 Å². The van der Waals surface area contributed by atoms with E-state index in [9.17, 15) is 14.7 Å². The molecule has 0 bridgehead atoms. The summed E-state index contributed by atoms with van der Waals surface area (Å²) in [5.74, 6) is -0.578. The second kappa shape index (κ2) is 7.43. The van der Waals surface area contributed by atoms with Crippen LogP contribution in [0.1, 0.15) is 49.0 Å². The molecule has 1 N–H and O–H groups in total. The fourth-order valence-corrected chi connectivity index (χ4v) is 5.45. The van der Waals surface area contributed by atoms with Crippen molar-refractivity contribution >= 4 is 17.6 Å². The fourth-order valence-electron chi connectivity index (χ4n) is 5.24. The molecule has 1 aromatic heterocycles. The van der Waals surface area contributed by atoms with Crippen LogP contribution in [0.3, 0.4) is 0 Å². The topological polar surface area (TPSA) is 77.8 Å². The molecule has 1 aliphatic heterocycles. The molecule has 30 heavy (non-hydrogen) atoms. The average Bonchev–Trinajstić information content (AvgIpc) is 2.64. The molecular formula is C23H26ClNO5. The van der Waals surface area contributed by atoms with Gasteiger partial charge in [0, 0.05) is 43.5 Å². The van der Waals surface area contributed by atoms with Gasteiger partial charge in [0.15, 0.2) is 5.43 Å². The van der Waals surface area contributed by atoms with Gasteiger partial charge in [-0.15, -0.1) is 0 Å². The molecule has 6 nitrogen and oxygen atoms in total. The first-order valence-electron chi connectivity index (χ1n) is 10.1. The van der Waals surface area contributed by atoms with Crippen LogP contribution in [0, 0.1) is 5.41 Å². The summed E-state index contributed by atoms with van der Waals surface area (Å²) < 4.78 is 12.9. The minimum Gasteiger partial charge on any atom is -0.492 e. The number of rotatable bonds is 6. The molecule has 0 unspecified atom stereocenters. The van der Waals surface area contributed by atoms with Gasteiger partial charge in [-0.05, 0) is 42.4 Å². The van der Waals surface area contributed by atoms with Gasteiger partial charge in [0.25, 0.3) is 0 Å². The Balaban J connectivity index is 1.80. The van der Waals surface area contributed by atoms with Crippen LogP contribution in [-0.2, 0) is 16.7 Å². The van der Waals surface area contributed by atoms with Crippen molar-refractivity contribution in [1.82, 2.24) is 4.57 Å². The monoisotopic (exact) mass is 431 g/mol. The lowest BCUT2D eigenvalue weighted by molar-refractivity contribution is -0.00254. The number of aromatic nitrogens is 1. The van der Waals surface area contributed by atoms with E-state index in [4.69, 9.17) is 21.1 Å². The molecule has 1 aromatic carbocycles. The SMILES string of the molecule is COCCCOc1cc2c(cc1Cl)-c1cc(=O)c(C(=O)O)cn1C1(C2)CC(C)(C)C1. The summed E-state index contributed by atoms with van der Waals surface area (Å²) in [6.07, 6.45) is 4.83. The highest BCUT2D eigenvalue weighted by Crippen LogP contribution is 2.58. The number of hydrogen-bond acceptors (Lipinski definition) is 4. The normalized spacial score (nSPS) is 17.7. The van der Waals surface area contributed by atoms with E-state index in [2.05, 4.69) is 13.8 Å². The minimum atomic E-state index is -1.20. The maximum absolute atomic E-state index is 12.5. The zero-order chi connectivity index (χ0) is 21.7. The van der Waals surface area contributed by atoms with E-state index in [1.165, 1.54) is 12.3 Å². The van der Waals surface area contributed by atoms with Gasteiger partial charge in [-0.1, -0.05) is 25.4 Å². The number of nitrogens with zero attached hydrogens (tertiary/aromatic N) is 1. The summed E-state index contributed by atoms with van der Waals surface area (Å²) in [4.78, 5) is 24.1. The molecule has 0 saturated heterocycles. The van der Waals surface area contributed by atoms with Gasteiger partial charge >= 0.3 is 5.97 Å². The molecule has 1 aliphatic carbocycles. The summed E-state index contributed by atoms with van der Waals surface area (Å²) >= 11 is 6.49. The van der Waals surface area contributed by atoms with Crippen molar-refractivity contribution in [2.75, 3.05) is 20.3 Å². The molecule has 0 radical (unpaired) electrons. The Morgan fingerprint density at radius 3 is 2.60 bits per heavy atom. The number of carbonyl (C=O) groups is 1. The minimum absolute atomic E-state index is 0.160. The Hall–Kier alpha value is -2.31. The highest BCUT2D eigenvalue weighted by Gasteiger charge is 2.52. The van der Waals surface area contributed by atoms with Crippen molar-refractivity contribution in [2.45, 2.75) is 45.1 Å². The predicted octanol–water partition coefficient (Wildman–Crippen LogP) is 4.35. The molecule has 2 aromatic rings. The van der Waals surface area contributed by atoms with Crippen molar-refractivity contribution in [3.63, 3.8) is 0 Å². The molecule has 7 heteroatoms. The quantitative estimate of drug-likeness (QED) is 0.688. The highest BCUT2D eigenvalue weighted by atomic mass is 35.5. The van der Waals surface area contributed by atoms with Crippen LogP contribution in [0.5, 0.6) is 5.75 Å². The van der Waals surface area contributed by atoms with Crippen LogP contribution in [0.15, 0.2) is 29.2 Å².